The van der Waals surface area contributed by atoms with Gasteiger partial charge in [-0.25, -0.2) is 4.39 Å². The summed E-state index contributed by atoms with van der Waals surface area (Å²) in [6.45, 7) is 4.11. The predicted molar refractivity (Wildman–Crippen MR) is 113 cm³/mol. The Balaban J connectivity index is 2.08. The van der Waals surface area contributed by atoms with E-state index < -0.39 is 24.6 Å². The maximum Gasteiger partial charge on any atom is 0.123 e. The quantitative estimate of drug-likeness (QED) is 0.597. The van der Waals surface area contributed by atoms with Crippen molar-refractivity contribution in [1.29, 1.82) is 0 Å². The van der Waals surface area contributed by atoms with Crippen molar-refractivity contribution >= 4 is 22.9 Å². The second-order valence-electron chi connectivity index (χ2n) is 7.64. The van der Waals surface area contributed by atoms with Gasteiger partial charge in [-0.05, 0) is 43.7 Å². The number of carbonyl (C=O) groups excluding carboxylic acids is 1. The molecule has 0 aliphatic rings. The highest BCUT2D eigenvalue weighted by atomic mass is 19.1. The number of rotatable bonds is 8. The van der Waals surface area contributed by atoms with E-state index in [9.17, 15) is 24.5 Å². The number of halogens is 1. The fourth-order valence-electron chi connectivity index (χ4n) is 3.76. The van der Waals surface area contributed by atoms with Gasteiger partial charge in [-0.2, -0.15) is 0 Å². The largest absolute Gasteiger partial charge is 0.550 e. The van der Waals surface area contributed by atoms with E-state index in [0.29, 0.717) is 0 Å². The summed E-state index contributed by atoms with van der Waals surface area (Å²) in [6, 6.07) is 14.3. The Bertz CT molecular complexity index is 1050. The van der Waals surface area contributed by atoms with Crippen molar-refractivity contribution in [3.05, 3.63) is 66.1 Å². The average Bonchev–Trinajstić information content (AvgIpc) is 3.00. The minimum atomic E-state index is -1.36. The molecule has 158 valence electrons. The number of fused-ring (bicyclic) bond motifs is 1. The lowest BCUT2D eigenvalue weighted by molar-refractivity contribution is -0.307. The molecule has 2 aromatic carbocycles. The molecular formula is C24H25FNO4-. The van der Waals surface area contributed by atoms with Crippen molar-refractivity contribution in [2.75, 3.05) is 0 Å². The van der Waals surface area contributed by atoms with Crippen molar-refractivity contribution in [3.63, 3.8) is 0 Å². The van der Waals surface area contributed by atoms with Crippen LogP contribution in [0.4, 0.5) is 4.39 Å². The molecule has 0 saturated carbocycles. The summed E-state index contributed by atoms with van der Waals surface area (Å²) >= 11 is 0. The number of carboxylic acid groups (broad SMARTS) is 1. The molecule has 0 radical (unpaired) electrons. The summed E-state index contributed by atoms with van der Waals surface area (Å²) in [6.07, 6.45) is 0.450. The molecule has 0 bridgehead atoms. The number of aromatic nitrogens is 1. The summed E-state index contributed by atoms with van der Waals surface area (Å²) in [7, 11) is 0. The van der Waals surface area contributed by atoms with Crippen LogP contribution < -0.4 is 5.11 Å². The number of carbonyl (C=O) groups is 1. The fourth-order valence-corrected chi connectivity index (χ4v) is 3.76. The molecule has 3 rings (SSSR count). The zero-order valence-electron chi connectivity index (χ0n) is 17.0. The Hall–Kier alpha value is -2.96. The molecule has 2 atom stereocenters. The second kappa shape index (κ2) is 9.24. The third kappa shape index (κ3) is 4.78. The van der Waals surface area contributed by atoms with Gasteiger partial charge < -0.3 is 24.7 Å². The van der Waals surface area contributed by atoms with Crippen LogP contribution in [0.15, 0.2) is 54.6 Å². The number of carboxylic acids is 1. The fraction of sp³-hybridized carbons (Fsp3) is 0.292. The molecular weight excluding hydrogens is 385 g/mol. The summed E-state index contributed by atoms with van der Waals surface area (Å²) in [5, 5.41) is 31.6. The van der Waals surface area contributed by atoms with E-state index >= 15 is 0 Å². The average molecular weight is 410 g/mol. The van der Waals surface area contributed by atoms with Gasteiger partial charge in [0.05, 0.1) is 12.2 Å². The number of benzene rings is 2. The maximum absolute atomic E-state index is 13.5. The molecule has 3 aromatic rings. The highest BCUT2D eigenvalue weighted by Crippen LogP contribution is 2.38. The molecule has 0 unspecified atom stereocenters. The SMILES string of the molecule is CC(C)n1c(/C=C/[C@@H](O)C[C@@H](O)CC(=O)[O-])c(-c2ccc(F)cc2)c2ccccc21. The predicted octanol–water partition coefficient (Wildman–Crippen LogP) is 3.29. The van der Waals surface area contributed by atoms with Gasteiger partial charge >= 0.3 is 0 Å². The maximum atomic E-state index is 13.5. The van der Waals surface area contributed by atoms with E-state index in [-0.39, 0.29) is 18.3 Å². The van der Waals surface area contributed by atoms with Gasteiger partial charge in [0.15, 0.2) is 0 Å². The molecule has 0 saturated heterocycles. The number of aliphatic hydroxyl groups is 2. The van der Waals surface area contributed by atoms with Gasteiger partial charge in [-0.3, -0.25) is 0 Å². The van der Waals surface area contributed by atoms with Crippen LogP contribution in [0, 0.1) is 5.82 Å². The number of nitrogens with zero attached hydrogens (tertiary/aromatic N) is 1. The minimum absolute atomic E-state index is 0.113. The van der Waals surface area contributed by atoms with E-state index in [0.717, 1.165) is 27.7 Å². The first-order chi connectivity index (χ1) is 14.3. The van der Waals surface area contributed by atoms with Crippen LogP contribution in [0.3, 0.4) is 0 Å². The summed E-state index contributed by atoms with van der Waals surface area (Å²) in [4.78, 5) is 10.6. The highest BCUT2D eigenvalue weighted by Gasteiger charge is 2.19. The van der Waals surface area contributed by atoms with Crippen molar-refractivity contribution < 1.29 is 24.5 Å². The molecule has 0 spiro atoms. The highest BCUT2D eigenvalue weighted by molar-refractivity contribution is 6.01. The molecule has 1 heterocycles. The van der Waals surface area contributed by atoms with E-state index in [2.05, 4.69) is 18.4 Å². The van der Waals surface area contributed by atoms with Crippen LogP contribution in [0.25, 0.3) is 28.1 Å². The first-order valence-corrected chi connectivity index (χ1v) is 9.91. The molecule has 0 aliphatic heterocycles. The second-order valence-corrected chi connectivity index (χ2v) is 7.64. The lowest BCUT2D eigenvalue weighted by Crippen LogP contribution is -2.29. The van der Waals surface area contributed by atoms with Crippen molar-refractivity contribution in [2.24, 2.45) is 0 Å². The summed E-state index contributed by atoms with van der Waals surface area (Å²) in [5.41, 5.74) is 3.61. The standard InChI is InChI=1S/C24H26FNO4/c1-15(2)26-21-6-4-3-5-20(21)24(16-7-9-17(25)10-8-16)22(26)12-11-18(27)13-19(28)14-23(29)30/h3-12,15,18-19,27-28H,13-14H2,1-2H3,(H,29,30)/p-1/b12-11+/t18-,19-/m1/s1. The van der Waals surface area contributed by atoms with E-state index in [1.54, 1.807) is 24.3 Å². The number of hydrogen-bond donors (Lipinski definition) is 2. The van der Waals surface area contributed by atoms with Crippen molar-refractivity contribution in [3.8, 4) is 11.1 Å². The minimum Gasteiger partial charge on any atom is -0.550 e. The molecule has 30 heavy (non-hydrogen) atoms. The van der Waals surface area contributed by atoms with Crippen LogP contribution in [-0.2, 0) is 4.79 Å². The number of hydrogen-bond acceptors (Lipinski definition) is 4. The van der Waals surface area contributed by atoms with Crippen molar-refractivity contribution in [2.45, 2.75) is 44.9 Å². The summed E-state index contributed by atoms with van der Waals surface area (Å²) < 4.78 is 15.6. The monoisotopic (exact) mass is 410 g/mol. The number of aliphatic carboxylic acids is 1. The van der Waals surface area contributed by atoms with E-state index in [1.165, 1.54) is 12.1 Å². The first-order valence-electron chi connectivity index (χ1n) is 9.91. The summed E-state index contributed by atoms with van der Waals surface area (Å²) in [5.74, 6) is -1.68. The van der Waals surface area contributed by atoms with Crippen molar-refractivity contribution in [1.82, 2.24) is 4.57 Å². The van der Waals surface area contributed by atoms with E-state index in [4.69, 9.17) is 0 Å². The number of aliphatic hydroxyl groups excluding tert-OH is 2. The number of para-hydroxylation sites is 1. The Morgan fingerprint density at radius 2 is 1.80 bits per heavy atom. The van der Waals surface area contributed by atoms with Crippen LogP contribution >= 0.6 is 0 Å². The molecule has 2 N–H and O–H groups in total. The third-order valence-corrected chi connectivity index (χ3v) is 4.99. The molecule has 5 nitrogen and oxygen atoms in total. The van der Waals surface area contributed by atoms with Gasteiger partial charge in [0.2, 0.25) is 0 Å². The van der Waals surface area contributed by atoms with Crippen LogP contribution in [0.5, 0.6) is 0 Å². The van der Waals surface area contributed by atoms with Gasteiger partial charge in [0.1, 0.15) is 5.82 Å². The Morgan fingerprint density at radius 3 is 2.43 bits per heavy atom. The van der Waals surface area contributed by atoms with Crippen LogP contribution in [0.2, 0.25) is 0 Å². The Kier molecular flexibility index (Phi) is 6.70. The van der Waals surface area contributed by atoms with Crippen LogP contribution in [0.1, 0.15) is 38.4 Å². The molecule has 1 aromatic heterocycles. The first kappa shape index (κ1) is 21.7. The van der Waals surface area contributed by atoms with Crippen LogP contribution in [-0.4, -0.2) is 33.0 Å². The normalized spacial score (nSPS) is 13.9. The lowest BCUT2D eigenvalue weighted by atomic mass is 10.0. The van der Waals surface area contributed by atoms with Gasteiger partial charge in [0.25, 0.3) is 0 Å². The topological polar surface area (TPSA) is 85.5 Å². The Morgan fingerprint density at radius 1 is 1.13 bits per heavy atom. The smallest absolute Gasteiger partial charge is 0.123 e. The Labute approximate surface area is 174 Å². The molecule has 6 heteroatoms. The van der Waals surface area contributed by atoms with Gasteiger partial charge in [-0.15, -0.1) is 0 Å². The van der Waals surface area contributed by atoms with Gasteiger partial charge in [0, 0.05) is 47.0 Å². The zero-order valence-corrected chi connectivity index (χ0v) is 17.0. The zero-order chi connectivity index (χ0) is 21.8. The van der Waals surface area contributed by atoms with Gasteiger partial charge in [-0.1, -0.05) is 36.4 Å². The molecule has 0 amide bonds. The third-order valence-electron chi connectivity index (χ3n) is 4.99. The molecule has 0 aliphatic carbocycles. The molecule has 0 fully saturated rings. The lowest BCUT2D eigenvalue weighted by Gasteiger charge is -2.15. The van der Waals surface area contributed by atoms with E-state index in [1.807, 2.05) is 24.3 Å².